The van der Waals surface area contributed by atoms with Crippen molar-refractivity contribution in [1.29, 1.82) is 0 Å². The number of esters is 1. The van der Waals surface area contributed by atoms with Crippen molar-refractivity contribution >= 4 is 33.3 Å². The fourth-order valence-corrected chi connectivity index (χ4v) is 3.26. The van der Waals surface area contributed by atoms with Gasteiger partial charge in [0.15, 0.2) is 11.9 Å². The second-order valence-corrected chi connectivity index (χ2v) is 6.35. The number of nitrogens with zero attached hydrogens (tertiary/aromatic N) is 2. The van der Waals surface area contributed by atoms with Gasteiger partial charge in [0, 0.05) is 5.39 Å². The predicted octanol–water partition coefficient (Wildman–Crippen LogP) is 3.53. The Balaban J connectivity index is 2.00. The standard InChI is InChI=1S/C17H16N2O3S/c1-10-14-9-15(17(21)22-12(3)11(2)20)23-16(14)19(18-10)13-7-5-4-6-8-13/h4-9,12H,1-3H3. The minimum Gasteiger partial charge on any atom is -0.450 e. The number of hydrogen-bond donors (Lipinski definition) is 0. The van der Waals surface area contributed by atoms with E-state index in [0.29, 0.717) is 4.88 Å². The number of benzene rings is 1. The van der Waals surface area contributed by atoms with E-state index in [2.05, 4.69) is 5.10 Å². The van der Waals surface area contributed by atoms with Gasteiger partial charge in [0.1, 0.15) is 9.71 Å². The van der Waals surface area contributed by atoms with Gasteiger partial charge >= 0.3 is 5.97 Å². The van der Waals surface area contributed by atoms with E-state index < -0.39 is 12.1 Å². The Morgan fingerprint density at radius 3 is 2.61 bits per heavy atom. The smallest absolute Gasteiger partial charge is 0.349 e. The first-order valence-corrected chi connectivity index (χ1v) is 8.05. The van der Waals surface area contributed by atoms with Crippen LogP contribution in [0.1, 0.15) is 29.2 Å². The molecule has 2 aromatic heterocycles. The average Bonchev–Trinajstić information content (AvgIpc) is 3.09. The van der Waals surface area contributed by atoms with Crippen molar-refractivity contribution in [3.05, 3.63) is 47.0 Å². The van der Waals surface area contributed by atoms with Crippen LogP contribution in [0.5, 0.6) is 0 Å². The molecule has 118 valence electrons. The Morgan fingerprint density at radius 2 is 1.96 bits per heavy atom. The third-order valence-corrected chi connectivity index (χ3v) is 4.69. The first-order chi connectivity index (χ1) is 11.0. The number of thiophene rings is 1. The minimum atomic E-state index is -0.737. The zero-order chi connectivity index (χ0) is 16.6. The van der Waals surface area contributed by atoms with Gasteiger partial charge in [-0.1, -0.05) is 18.2 Å². The second-order valence-electron chi connectivity index (χ2n) is 5.32. The van der Waals surface area contributed by atoms with Gasteiger partial charge in [-0.25, -0.2) is 9.48 Å². The summed E-state index contributed by atoms with van der Waals surface area (Å²) in [6, 6.07) is 11.5. The number of aryl methyl sites for hydroxylation is 1. The van der Waals surface area contributed by atoms with Gasteiger partial charge in [-0.2, -0.15) is 5.10 Å². The number of Topliss-reactive ketones (excluding diaryl/α,β-unsaturated/α-hetero) is 1. The first-order valence-electron chi connectivity index (χ1n) is 7.23. The van der Waals surface area contributed by atoms with E-state index in [-0.39, 0.29) is 5.78 Å². The van der Waals surface area contributed by atoms with Gasteiger partial charge in [-0.15, -0.1) is 11.3 Å². The van der Waals surface area contributed by atoms with Gasteiger partial charge in [-0.3, -0.25) is 4.79 Å². The normalized spacial score (nSPS) is 12.3. The fourth-order valence-electron chi connectivity index (χ4n) is 2.19. The highest BCUT2D eigenvalue weighted by molar-refractivity contribution is 7.20. The molecule has 3 aromatic rings. The molecule has 0 bridgehead atoms. The molecule has 0 aliphatic rings. The van der Waals surface area contributed by atoms with E-state index in [9.17, 15) is 9.59 Å². The summed E-state index contributed by atoms with van der Waals surface area (Å²) in [5.74, 6) is -0.654. The lowest BCUT2D eigenvalue weighted by Gasteiger charge is -2.08. The van der Waals surface area contributed by atoms with Gasteiger partial charge in [-0.05, 0) is 39.0 Å². The first kappa shape index (κ1) is 15.4. The van der Waals surface area contributed by atoms with Crippen molar-refractivity contribution in [3.8, 4) is 5.69 Å². The van der Waals surface area contributed by atoms with Crippen LogP contribution in [0.4, 0.5) is 0 Å². The number of ether oxygens (including phenoxy) is 1. The summed E-state index contributed by atoms with van der Waals surface area (Å²) in [7, 11) is 0. The second kappa shape index (κ2) is 5.96. The monoisotopic (exact) mass is 328 g/mol. The van der Waals surface area contributed by atoms with Crippen molar-refractivity contribution in [2.24, 2.45) is 0 Å². The number of fused-ring (bicyclic) bond motifs is 1. The Morgan fingerprint density at radius 1 is 1.26 bits per heavy atom. The Bertz CT molecular complexity index is 880. The third-order valence-electron chi connectivity index (χ3n) is 3.60. The number of hydrogen-bond acceptors (Lipinski definition) is 5. The average molecular weight is 328 g/mol. The fraction of sp³-hybridized carbons (Fsp3) is 0.235. The van der Waals surface area contributed by atoms with Gasteiger partial charge < -0.3 is 4.74 Å². The molecule has 0 saturated carbocycles. The maximum atomic E-state index is 12.2. The zero-order valence-electron chi connectivity index (χ0n) is 13.1. The largest absolute Gasteiger partial charge is 0.450 e. The van der Waals surface area contributed by atoms with Crippen molar-refractivity contribution in [2.45, 2.75) is 26.9 Å². The zero-order valence-corrected chi connectivity index (χ0v) is 13.9. The highest BCUT2D eigenvalue weighted by atomic mass is 32.1. The van der Waals surface area contributed by atoms with Crippen LogP contribution in [-0.4, -0.2) is 27.6 Å². The van der Waals surface area contributed by atoms with Gasteiger partial charge in [0.2, 0.25) is 0 Å². The summed E-state index contributed by atoms with van der Waals surface area (Å²) in [6.45, 7) is 4.88. The third kappa shape index (κ3) is 2.90. The van der Waals surface area contributed by atoms with Crippen LogP contribution in [0.3, 0.4) is 0 Å². The van der Waals surface area contributed by atoms with Crippen LogP contribution < -0.4 is 0 Å². The lowest BCUT2D eigenvalue weighted by molar-refractivity contribution is -0.124. The van der Waals surface area contributed by atoms with Gasteiger partial charge in [0.05, 0.1) is 11.4 Å². The number of carbonyl (C=O) groups is 2. The Kier molecular flexibility index (Phi) is 4.00. The highest BCUT2D eigenvalue weighted by Crippen LogP contribution is 2.30. The van der Waals surface area contributed by atoms with E-state index in [1.54, 1.807) is 13.0 Å². The molecule has 23 heavy (non-hydrogen) atoms. The summed E-state index contributed by atoms with van der Waals surface area (Å²) in [5, 5.41) is 5.45. The number of aromatic nitrogens is 2. The molecule has 6 heteroatoms. The van der Waals surface area contributed by atoms with E-state index in [4.69, 9.17) is 4.74 Å². The molecular weight excluding hydrogens is 312 g/mol. The lowest BCUT2D eigenvalue weighted by Crippen LogP contribution is -2.21. The molecule has 0 radical (unpaired) electrons. The minimum absolute atomic E-state index is 0.175. The van der Waals surface area contributed by atoms with E-state index in [1.165, 1.54) is 18.3 Å². The van der Waals surface area contributed by atoms with Crippen LogP contribution in [0.15, 0.2) is 36.4 Å². The molecule has 1 aromatic carbocycles. The highest BCUT2D eigenvalue weighted by Gasteiger charge is 2.20. The van der Waals surface area contributed by atoms with Crippen molar-refractivity contribution in [2.75, 3.05) is 0 Å². The molecule has 1 unspecified atom stereocenters. The number of para-hydroxylation sites is 1. The molecule has 5 nitrogen and oxygen atoms in total. The SMILES string of the molecule is CC(=O)C(C)OC(=O)c1cc2c(C)nn(-c3ccccc3)c2s1. The molecule has 0 aliphatic heterocycles. The van der Waals surface area contributed by atoms with E-state index in [0.717, 1.165) is 21.6 Å². The molecule has 2 heterocycles. The maximum Gasteiger partial charge on any atom is 0.349 e. The summed E-state index contributed by atoms with van der Waals surface area (Å²) in [4.78, 5) is 24.8. The molecule has 0 aliphatic carbocycles. The molecule has 0 saturated heterocycles. The lowest BCUT2D eigenvalue weighted by atomic mass is 10.3. The number of ketones is 1. The van der Waals surface area contributed by atoms with Crippen molar-refractivity contribution < 1.29 is 14.3 Å². The molecular formula is C17H16N2O3S. The molecule has 3 rings (SSSR count). The van der Waals surface area contributed by atoms with E-state index >= 15 is 0 Å². The summed E-state index contributed by atoms with van der Waals surface area (Å²) >= 11 is 1.32. The summed E-state index contributed by atoms with van der Waals surface area (Å²) in [5.41, 5.74) is 1.78. The van der Waals surface area contributed by atoms with Crippen LogP contribution in [-0.2, 0) is 9.53 Å². The van der Waals surface area contributed by atoms with Crippen molar-refractivity contribution in [1.82, 2.24) is 9.78 Å². The maximum absolute atomic E-state index is 12.2. The Labute approximate surface area is 137 Å². The van der Waals surface area contributed by atoms with Crippen LogP contribution in [0.2, 0.25) is 0 Å². The Hall–Kier alpha value is -2.47. The van der Waals surface area contributed by atoms with Crippen LogP contribution >= 0.6 is 11.3 Å². The summed E-state index contributed by atoms with van der Waals surface area (Å²) in [6.07, 6.45) is -0.737. The molecule has 0 spiro atoms. The predicted molar refractivity (Wildman–Crippen MR) is 89.2 cm³/mol. The van der Waals surface area contributed by atoms with Gasteiger partial charge in [0.25, 0.3) is 0 Å². The van der Waals surface area contributed by atoms with Crippen molar-refractivity contribution in [3.63, 3.8) is 0 Å². The van der Waals surface area contributed by atoms with E-state index in [1.807, 2.05) is 41.9 Å². The topological polar surface area (TPSA) is 61.2 Å². The van der Waals surface area contributed by atoms with Crippen LogP contribution in [0, 0.1) is 6.92 Å². The molecule has 0 N–H and O–H groups in total. The summed E-state index contributed by atoms with van der Waals surface area (Å²) < 4.78 is 6.99. The number of carbonyl (C=O) groups excluding carboxylic acids is 2. The molecule has 0 fully saturated rings. The van der Waals surface area contributed by atoms with Crippen LogP contribution in [0.25, 0.3) is 15.9 Å². The quantitative estimate of drug-likeness (QED) is 0.687. The molecule has 0 amide bonds. The molecule has 1 atom stereocenters. The number of rotatable bonds is 4.